The number of hydrogen-bond donors (Lipinski definition) is 1. The second kappa shape index (κ2) is 9.56. The zero-order chi connectivity index (χ0) is 13.9. The van der Waals surface area contributed by atoms with Crippen molar-refractivity contribution in [3.05, 3.63) is 29.3 Å². The molecule has 106 valence electrons. The minimum absolute atomic E-state index is 0.221. The van der Waals surface area contributed by atoms with Gasteiger partial charge in [-0.15, -0.1) is 0 Å². The first-order valence-electron chi connectivity index (χ1n) is 7.21. The molecule has 0 bridgehead atoms. The summed E-state index contributed by atoms with van der Waals surface area (Å²) < 4.78 is 0. The summed E-state index contributed by atoms with van der Waals surface area (Å²) in [6.45, 7) is 2.23. The lowest BCUT2D eigenvalue weighted by Gasteiger charge is -2.05. The van der Waals surface area contributed by atoms with Gasteiger partial charge in [-0.2, -0.15) is 0 Å². The standard InChI is InChI=1S/C16H24O3/c1-2-3-4-5-6-7-8-9-14-10-11-16(19-18)15(12-14)13-17/h10-13,18H,2-9H2,1H3. The number of benzene rings is 1. The van der Waals surface area contributed by atoms with E-state index in [1.165, 1.54) is 38.5 Å². The highest BCUT2D eigenvalue weighted by atomic mass is 17.1. The van der Waals surface area contributed by atoms with E-state index in [2.05, 4.69) is 11.8 Å². The van der Waals surface area contributed by atoms with Crippen LogP contribution in [0.1, 0.15) is 67.8 Å². The van der Waals surface area contributed by atoms with Crippen LogP contribution in [0.3, 0.4) is 0 Å². The van der Waals surface area contributed by atoms with E-state index in [1.54, 1.807) is 12.1 Å². The predicted molar refractivity (Wildman–Crippen MR) is 76.8 cm³/mol. The van der Waals surface area contributed by atoms with Crippen molar-refractivity contribution in [3.8, 4) is 5.75 Å². The summed E-state index contributed by atoms with van der Waals surface area (Å²) in [7, 11) is 0. The molecule has 0 saturated heterocycles. The molecule has 0 aliphatic rings. The van der Waals surface area contributed by atoms with Crippen molar-refractivity contribution in [1.82, 2.24) is 0 Å². The molecule has 0 fully saturated rings. The van der Waals surface area contributed by atoms with Gasteiger partial charge in [0.05, 0.1) is 5.56 Å². The van der Waals surface area contributed by atoms with Gasteiger partial charge in [0.2, 0.25) is 0 Å². The maximum Gasteiger partial charge on any atom is 0.175 e. The van der Waals surface area contributed by atoms with Gasteiger partial charge in [-0.25, -0.2) is 5.26 Å². The number of aldehydes is 1. The maximum absolute atomic E-state index is 10.8. The molecule has 1 N–H and O–H groups in total. The molecule has 0 spiro atoms. The number of carbonyl (C=O) groups is 1. The van der Waals surface area contributed by atoms with Crippen LogP contribution in [0.15, 0.2) is 18.2 Å². The summed E-state index contributed by atoms with van der Waals surface area (Å²) in [6, 6.07) is 5.32. The smallest absolute Gasteiger partial charge is 0.175 e. The third-order valence-electron chi connectivity index (χ3n) is 3.37. The summed E-state index contributed by atoms with van der Waals surface area (Å²) >= 11 is 0. The monoisotopic (exact) mass is 264 g/mol. The molecule has 0 atom stereocenters. The highest BCUT2D eigenvalue weighted by Gasteiger charge is 2.04. The first kappa shape index (κ1) is 15.7. The Morgan fingerprint density at radius 1 is 1.11 bits per heavy atom. The number of aryl methyl sites for hydroxylation is 1. The van der Waals surface area contributed by atoms with Crippen LogP contribution in [0.2, 0.25) is 0 Å². The predicted octanol–water partition coefficient (Wildman–Crippen LogP) is 4.64. The molecule has 1 aromatic carbocycles. The average molecular weight is 264 g/mol. The van der Waals surface area contributed by atoms with Crippen LogP contribution in [0.25, 0.3) is 0 Å². The van der Waals surface area contributed by atoms with Gasteiger partial charge in [-0.05, 0) is 30.5 Å². The molecule has 0 saturated carbocycles. The van der Waals surface area contributed by atoms with Crippen LogP contribution in [0, 0.1) is 0 Å². The van der Waals surface area contributed by atoms with E-state index in [4.69, 9.17) is 5.26 Å². The highest BCUT2D eigenvalue weighted by Crippen LogP contribution is 2.19. The van der Waals surface area contributed by atoms with Gasteiger partial charge in [0, 0.05) is 0 Å². The zero-order valence-electron chi connectivity index (χ0n) is 11.7. The summed E-state index contributed by atoms with van der Waals surface area (Å²) in [6.07, 6.45) is 10.6. The normalized spacial score (nSPS) is 10.4. The molecule has 0 aliphatic heterocycles. The SMILES string of the molecule is CCCCCCCCCc1ccc(OO)c(C=O)c1. The highest BCUT2D eigenvalue weighted by molar-refractivity contribution is 5.79. The molecule has 0 unspecified atom stereocenters. The second-order valence-electron chi connectivity index (χ2n) is 4.95. The van der Waals surface area contributed by atoms with Crippen LogP contribution < -0.4 is 4.89 Å². The summed E-state index contributed by atoms with van der Waals surface area (Å²) in [5.41, 5.74) is 1.53. The van der Waals surface area contributed by atoms with Crippen LogP contribution in [-0.2, 0) is 6.42 Å². The van der Waals surface area contributed by atoms with Gasteiger partial charge < -0.3 is 4.89 Å². The number of unbranched alkanes of at least 4 members (excludes halogenated alkanes) is 6. The van der Waals surface area contributed by atoms with Crippen molar-refractivity contribution in [2.75, 3.05) is 0 Å². The Kier molecular flexibility index (Phi) is 7.91. The van der Waals surface area contributed by atoms with Crippen molar-refractivity contribution in [2.45, 2.75) is 58.3 Å². The van der Waals surface area contributed by atoms with Crippen molar-refractivity contribution in [3.63, 3.8) is 0 Å². The van der Waals surface area contributed by atoms with Crippen molar-refractivity contribution >= 4 is 6.29 Å². The molecule has 0 radical (unpaired) electrons. The van der Waals surface area contributed by atoms with Gasteiger partial charge in [0.25, 0.3) is 0 Å². The van der Waals surface area contributed by atoms with Crippen LogP contribution in [-0.4, -0.2) is 11.5 Å². The van der Waals surface area contributed by atoms with Gasteiger partial charge in [0.1, 0.15) is 0 Å². The molecule has 0 aliphatic carbocycles. The van der Waals surface area contributed by atoms with Crippen LogP contribution in [0.4, 0.5) is 0 Å². The summed E-state index contributed by atoms with van der Waals surface area (Å²) in [5, 5.41) is 8.60. The molecule has 0 heterocycles. The Labute approximate surface area is 115 Å². The van der Waals surface area contributed by atoms with Crippen LogP contribution >= 0.6 is 0 Å². The van der Waals surface area contributed by atoms with E-state index in [0.29, 0.717) is 11.8 Å². The largest absolute Gasteiger partial charge is 0.339 e. The lowest BCUT2D eigenvalue weighted by Crippen LogP contribution is -1.94. The molecule has 0 aromatic heterocycles. The van der Waals surface area contributed by atoms with Gasteiger partial charge >= 0.3 is 0 Å². The maximum atomic E-state index is 10.8. The molecular formula is C16H24O3. The van der Waals surface area contributed by atoms with E-state index in [1.807, 2.05) is 6.07 Å². The molecule has 1 aromatic rings. The zero-order valence-corrected chi connectivity index (χ0v) is 11.7. The Morgan fingerprint density at radius 2 is 1.79 bits per heavy atom. The Hall–Kier alpha value is -1.35. The van der Waals surface area contributed by atoms with Crippen molar-refractivity contribution in [2.24, 2.45) is 0 Å². The number of rotatable bonds is 10. The topological polar surface area (TPSA) is 46.5 Å². The minimum atomic E-state index is 0.221. The van der Waals surface area contributed by atoms with E-state index in [-0.39, 0.29) is 5.75 Å². The van der Waals surface area contributed by atoms with E-state index >= 15 is 0 Å². The van der Waals surface area contributed by atoms with Gasteiger partial charge in [-0.3, -0.25) is 4.79 Å². The van der Waals surface area contributed by atoms with Crippen molar-refractivity contribution < 1.29 is 14.9 Å². The third kappa shape index (κ3) is 5.88. The molecule has 19 heavy (non-hydrogen) atoms. The molecule has 1 rings (SSSR count). The Bertz CT molecular complexity index is 374. The Balaban J connectivity index is 2.27. The fourth-order valence-corrected chi connectivity index (χ4v) is 2.21. The second-order valence-corrected chi connectivity index (χ2v) is 4.95. The summed E-state index contributed by atoms with van der Waals surface area (Å²) in [5.74, 6) is 0.221. The van der Waals surface area contributed by atoms with Crippen molar-refractivity contribution in [1.29, 1.82) is 0 Å². The van der Waals surface area contributed by atoms with E-state index < -0.39 is 0 Å². The van der Waals surface area contributed by atoms with Crippen LogP contribution in [0.5, 0.6) is 5.75 Å². The fraction of sp³-hybridized carbons (Fsp3) is 0.562. The van der Waals surface area contributed by atoms with Gasteiger partial charge in [0.15, 0.2) is 12.0 Å². The molecular weight excluding hydrogens is 240 g/mol. The minimum Gasteiger partial charge on any atom is -0.339 e. The summed E-state index contributed by atoms with van der Waals surface area (Å²) in [4.78, 5) is 15.0. The fourth-order valence-electron chi connectivity index (χ4n) is 2.21. The molecule has 0 amide bonds. The van der Waals surface area contributed by atoms with Gasteiger partial charge in [-0.1, -0.05) is 51.5 Å². The Morgan fingerprint density at radius 3 is 2.42 bits per heavy atom. The lowest BCUT2D eigenvalue weighted by molar-refractivity contribution is -0.137. The number of hydrogen-bond acceptors (Lipinski definition) is 3. The number of carbonyl (C=O) groups excluding carboxylic acids is 1. The molecule has 3 heteroatoms. The average Bonchev–Trinajstić information content (AvgIpc) is 2.46. The first-order valence-corrected chi connectivity index (χ1v) is 7.21. The molecule has 3 nitrogen and oxygen atoms in total. The van der Waals surface area contributed by atoms with E-state index in [0.717, 1.165) is 18.4 Å². The third-order valence-corrected chi connectivity index (χ3v) is 3.37. The quantitative estimate of drug-likeness (QED) is 0.290. The lowest BCUT2D eigenvalue weighted by atomic mass is 10.0. The van der Waals surface area contributed by atoms with E-state index in [9.17, 15) is 4.79 Å². The first-order chi connectivity index (χ1) is 9.31.